The van der Waals surface area contributed by atoms with Crippen LogP contribution in [0.3, 0.4) is 0 Å². The van der Waals surface area contributed by atoms with E-state index in [4.69, 9.17) is 4.74 Å². The van der Waals surface area contributed by atoms with Crippen molar-refractivity contribution in [3.8, 4) is 0 Å². The van der Waals surface area contributed by atoms with E-state index in [0.717, 1.165) is 11.8 Å². The Morgan fingerprint density at radius 3 is 2.83 bits per heavy atom. The minimum atomic E-state index is 0.0527. The molecule has 1 heterocycles. The summed E-state index contributed by atoms with van der Waals surface area (Å²) in [5, 5.41) is 0. The Kier molecular flexibility index (Phi) is 1.80. The van der Waals surface area contributed by atoms with Crippen molar-refractivity contribution in [2.45, 2.75) is 45.3 Å². The lowest BCUT2D eigenvalue weighted by Gasteiger charge is -2.31. The molecule has 1 saturated heterocycles. The third-order valence-corrected chi connectivity index (χ3v) is 3.64. The molecule has 1 aliphatic carbocycles. The molecule has 1 nitrogen and oxygen atoms in total. The van der Waals surface area contributed by atoms with E-state index >= 15 is 0 Å². The summed E-state index contributed by atoms with van der Waals surface area (Å²) in [4.78, 5) is 0. The van der Waals surface area contributed by atoms with Gasteiger partial charge in [0.25, 0.3) is 0 Å². The molecular weight excluding hydrogens is 148 g/mol. The maximum Gasteiger partial charge on any atom is 0.0869 e. The highest BCUT2D eigenvalue weighted by atomic mass is 16.5. The van der Waals surface area contributed by atoms with Crippen molar-refractivity contribution < 1.29 is 4.74 Å². The van der Waals surface area contributed by atoms with E-state index in [-0.39, 0.29) is 5.60 Å². The zero-order valence-electron chi connectivity index (χ0n) is 8.21. The van der Waals surface area contributed by atoms with E-state index in [2.05, 4.69) is 32.9 Å². The largest absolute Gasteiger partial charge is 0.368 e. The fourth-order valence-electron chi connectivity index (χ4n) is 2.75. The zero-order chi connectivity index (χ0) is 8.77. The van der Waals surface area contributed by atoms with E-state index in [1.54, 1.807) is 0 Å². The number of rotatable bonds is 0. The molecule has 0 amide bonds. The van der Waals surface area contributed by atoms with E-state index in [1.165, 1.54) is 12.8 Å². The van der Waals surface area contributed by atoms with Crippen molar-refractivity contribution in [3.63, 3.8) is 0 Å². The molecule has 12 heavy (non-hydrogen) atoms. The molecule has 0 aromatic rings. The normalized spacial score (nSPS) is 52.4. The lowest BCUT2D eigenvalue weighted by Crippen LogP contribution is -2.32. The number of fused-ring (bicyclic) bond motifs is 1. The zero-order valence-corrected chi connectivity index (χ0v) is 8.21. The molecule has 0 radical (unpaired) electrons. The summed E-state index contributed by atoms with van der Waals surface area (Å²) >= 11 is 0. The first-order valence-corrected chi connectivity index (χ1v) is 4.99. The van der Waals surface area contributed by atoms with Gasteiger partial charge in [-0.25, -0.2) is 0 Å². The Morgan fingerprint density at radius 1 is 1.42 bits per heavy atom. The molecule has 0 aromatic carbocycles. The lowest BCUT2D eigenvalue weighted by molar-refractivity contribution is -0.00735. The Morgan fingerprint density at radius 2 is 2.17 bits per heavy atom. The van der Waals surface area contributed by atoms with Gasteiger partial charge in [0, 0.05) is 0 Å². The molecule has 0 spiro atoms. The summed E-state index contributed by atoms with van der Waals surface area (Å²) in [7, 11) is 0. The van der Waals surface area contributed by atoms with Crippen LogP contribution in [0.5, 0.6) is 0 Å². The van der Waals surface area contributed by atoms with Gasteiger partial charge in [0.15, 0.2) is 0 Å². The van der Waals surface area contributed by atoms with Crippen LogP contribution in [0.4, 0.5) is 0 Å². The van der Waals surface area contributed by atoms with Crippen LogP contribution < -0.4 is 0 Å². The van der Waals surface area contributed by atoms with Gasteiger partial charge in [-0.15, -0.1) is 0 Å². The minimum Gasteiger partial charge on any atom is -0.368 e. The molecule has 0 aromatic heterocycles. The molecule has 4 unspecified atom stereocenters. The van der Waals surface area contributed by atoms with Crippen molar-refractivity contribution in [1.29, 1.82) is 0 Å². The van der Waals surface area contributed by atoms with Crippen molar-refractivity contribution in [2.24, 2.45) is 11.8 Å². The molecule has 1 aliphatic heterocycles. The van der Waals surface area contributed by atoms with E-state index in [1.807, 2.05) is 0 Å². The summed E-state index contributed by atoms with van der Waals surface area (Å²) < 4.78 is 5.98. The first-order valence-electron chi connectivity index (χ1n) is 4.99. The molecule has 1 heteroatoms. The summed E-state index contributed by atoms with van der Waals surface area (Å²) in [5.74, 6) is 1.47. The molecular formula is C11H18O. The number of hydrogen-bond donors (Lipinski definition) is 0. The molecule has 1 fully saturated rings. The summed E-state index contributed by atoms with van der Waals surface area (Å²) in [6, 6.07) is 0. The van der Waals surface area contributed by atoms with Crippen LogP contribution in [0.25, 0.3) is 0 Å². The van der Waals surface area contributed by atoms with Crippen LogP contribution in [0.1, 0.15) is 33.6 Å². The van der Waals surface area contributed by atoms with Gasteiger partial charge in [-0.3, -0.25) is 0 Å². The topological polar surface area (TPSA) is 9.23 Å². The van der Waals surface area contributed by atoms with Crippen molar-refractivity contribution in [1.82, 2.24) is 0 Å². The Hall–Kier alpha value is -0.300. The maximum atomic E-state index is 5.98. The van der Waals surface area contributed by atoms with Crippen molar-refractivity contribution in [2.75, 3.05) is 0 Å². The lowest BCUT2D eigenvalue weighted by atomic mass is 9.75. The molecule has 68 valence electrons. The fourth-order valence-corrected chi connectivity index (χ4v) is 2.75. The highest BCUT2D eigenvalue weighted by Gasteiger charge is 2.47. The highest BCUT2D eigenvalue weighted by Crippen LogP contribution is 2.45. The van der Waals surface area contributed by atoms with Gasteiger partial charge in [-0.1, -0.05) is 19.1 Å². The minimum absolute atomic E-state index is 0.0527. The van der Waals surface area contributed by atoms with E-state index in [0.29, 0.717) is 6.10 Å². The second-order valence-electron chi connectivity index (χ2n) is 4.45. The summed E-state index contributed by atoms with van der Waals surface area (Å²) in [5.41, 5.74) is 0.0527. The van der Waals surface area contributed by atoms with E-state index < -0.39 is 0 Å². The molecule has 2 aliphatic rings. The van der Waals surface area contributed by atoms with Crippen molar-refractivity contribution in [3.05, 3.63) is 12.2 Å². The Balaban J connectivity index is 2.27. The summed E-state index contributed by atoms with van der Waals surface area (Å²) in [6.45, 7) is 6.75. The third-order valence-electron chi connectivity index (χ3n) is 3.64. The second-order valence-corrected chi connectivity index (χ2v) is 4.45. The Bertz CT molecular complexity index is 209. The quantitative estimate of drug-likeness (QED) is 0.503. The maximum absolute atomic E-state index is 5.98. The average Bonchev–Trinajstić information content (AvgIpc) is 2.24. The predicted octanol–water partition coefficient (Wildman–Crippen LogP) is 2.77. The number of ether oxygens (including phenoxy) is 1. The fraction of sp³-hybridized carbons (Fsp3) is 0.818. The summed E-state index contributed by atoms with van der Waals surface area (Å²) in [6.07, 6.45) is 7.50. The monoisotopic (exact) mass is 166 g/mol. The molecule has 4 atom stereocenters. The third kappa shape index (κ3) is 1.03. The van der Waals surface area contributed by atoms with Crippen LogP contribution in [0, 0.1) is 11.8 Å². The molecule has 0 bridgehead atoms. The van der Waals surface area contributed by atoms with Gasteiger partial charge in [0.05, 0.1) is 11.7 Å². The van der Waals surface area contributed by atoms with Crippen LogP contribution in [0.2, 0.25) is 0 Å². The highest BCUT2D eigenvalue weighted by molar-refractivity contribution is 5.12. The van der Waals surface area contributed by atoms with Crippen LogP contribution in [-0.2, 0) is 4.74 Å². The average molecular weight is 166 g/mol. The van der Waals surface area contributed by atoms with Gasteiger partial charge in [0.2, 0.25) is 0 Å². The smallest absolute Gasteiger partial charge is 0.0869 e. The van der Waals surface area contributed by atoms with Crippen LogP contribution >= 0.6 is 0 Å². The van der Waals surface area contributed by atoms with E-state index in [9.17, 15) is 0 Å². The number of hydrogen-bond acceptors (Lipinski definition) is 1. The van der Waals surface area contributed by atoms with Crippen LogP contribution in [-0.4, -0.2) is 11.7 Å². The first kappa shape index (κ1) is 8.31. The van der Waals surface area contributed by atoms with Crippen molar-refractivity contribution >= 4 is 0 Å². The van der Waals surface area contributed by atoms with Gasteiger partial charge < -0.3 is 4.74 Å². The SMILES string of the molecule is CC1OC2(C)C=CCCC2C1C. The second kappa shape index (κ2) is 2.59. The molecule has 0 saturated carbocycles. The standard InChI is InChI=1S/C11H18O/c1-8-9(2)12-11(3)7-5-4-6-10(8)11/h5,7-10H,4,6H2,1-3H3. The van der Waals surface area contributed by atoms with Gasteiger partial charge in [-0.05, 0) is 38.5 Å². The van der Waals surface area contributed by atoms with Gasteiger partial charge in [-0.2, -0.15) is 0 Å². The predicted molar refractivity (Wildman–Crippen MR) is 50.0 cm³/mol. The van der Waals surface area contributed by atoms with Gasteiger partial charge in [0.1, 0.15) is 0 Å². The first-order chi connectivity index (χ1) is 5.63. The molecule has 0 N–H and O–H groups in total. The van der Waals surface area contributed by atoms with Crippen LogP contribution in [0.15, 0.2) is 12.2 Å². The molecule has 2 rings (SSSR count). The van der Waals surface area contributed by atoms with Gasteiger partial charge >= 0.3 is 0 Å². The number of allylic oxidation sites excluding steroid dienone is 1. The Labute approximate surface area is 74.8 Å².